The highest BCUT2D eigenvalue weighted by Gasteiger charge is 2.22. The van der Waals surface area contributed by atoms with Gasteiger partial charge in [-0.3, -0.25) is 0 Å². The molecule has 1 unspecified atom stereocenters. The lowest BCUT2D eigenvalue weighted by Crippen LogP contribution is -2.39. The summed E-state index contributed by atoms with van der Waals surface area (Å²) in [6, 6.07) is 9.91. The van der Waals surface area contributed by atoms with Crippen molar-refractivity contribution in [2.75, 3.05) is 18.8 Å². The van der Waals surface area contributed by atoms with Crippen molar-refractivity contribution in [2.24, 2.45) is 5.92 Å². The third kappa shape index (κ3) is 5.23. The van der Waals surface area contributed by atoms with Crippen LogP contribution >= 0.6 is 0 Å². The summed E-state index contributed by atoms with van der Waals surface area (Å²) in [7, 11) is -3.18. The van der Waals surface area contributed by atoms with E-state index in [1.54, 1.807) is 0 Å². The molecule has 0 aromatic heterocycles. The summed E-state index contributed by atoms with van der Waals surface area (Å²) in [6.07, 6.45) is 2.63. The lowest BCUT2D eigenvalue weighted by molar-refractivity contribution is 0.399. The molecule has 0 spiro atoms. The Morgan fingerprint density at radius 2 is 1.90 bits per heavy atom. The lowest BCUT2D eigenvalue weighted by Gasteiger charge is -2.23. The Bertz CT molecular complexity index is 496. The van der Waals surface area contributed by atoms with Crippen molar-refractivity contribution in [3.63, 3.8) is 0 Å². The van der Waals surface area contributed by atoms with Crippen LogP contribution in [0.1, 0.15) is 25.3 Å². The third-order valence-corrected chi connectivity index (χ3v) is 5.35. The molecule has 1 heterocycles. The highest BCUT2D eigenvalue weighted by atomic mass is 32.2. The molecule has 0 radical (unpaired) electrons. The van der Waals surface area contributed by atoms with Crippen LogP contribution in [-0.2, 0) is 16.4 Å². The number of hydrogen-bond donors (Lipinski definition) is 2. The maximum absolute atomic E-state index is 12.2. The van der Waals surface area contributed by atoms with Crippen LogP contribution in [0.2, 0.25) is 0 Å². The monoisotopic (exact) mass is 296 g/mol. The van der Waals surface area contributed by atoms with Gasteiger partial charge in [0.1, 0.15) is 0 Å². The van der Waals surface area contributed by atoms with E-state index in [0.717, 1.165) is 37.9 Å². The Kier molecular flexibility index (Phi) is 5.57. The molecule has 4 nitrogen and oxygen atoms in total. The summed E-state index contributed by atoms with van der Waals surface area (Å²) < 4.78 is 27.1. The maximum atomic E-state index is 12.2. The molecule has 2 rings (SSSR count). The zero-order chi connectivity index (χ0) is 14.4. The summed E-state index contributed by atoms with van der Waals surface area (Å²) >= 11 is 0. The average Bonchev–Trinajstić information content (AvgIpc) is 2.39. The first-order valence-corrected chi connectivity index (χ1v) is 8.95. The number of sulfonamides is 1. The summed E-state index contributed by atoms with van der Waals surface area (Å²) in [5.41, 5.74) is 1.16. The minimum atomic E-state index is -3.18. The SMILES string of the molecule is CC(Cc1ccccc1)NS(=O)(=O)CC1CCNCC1. The molecule has 1 fully saturated rings. The Balaban J connectivity index is 1.84. The van der Waals surface area contributed by atoms with Gasteiger partial charge >= 0.3 is 0 Å². The molecule has 0 bridgehead atoms. The Morgan fingerprint density at radius 1 is 1.25 bits per heavy atom. The van der Waals surface area contributed by atoms with Crippen LogP contribution in [0.4, 0.5) is 0 Å². The summed E-state index contributed by atoms with van der Waals surface area (Å²) in [5.74, 6) is 0.547. The lowest BCUT2D eigenvalue weighted by atomic mass is 10.0. The number of hydrogen-bond acceptors (Lipinski definition) is 3. The van der Waals surface area contributed by atoms with Gasteiger partial charge in [0.25, 0.3) is 0 Å². The van der Waals surface area contributed by atoms with Crippen LogP contribution in [0, 0.1) is 5.92 Å². The van der Waals surface area contributed by atoms with Crippen molar-refractivity contribution in [3.8, 4) is 0 Å². The molecule has 5 heteroatoms. The molecule has 1 atom stereocenters. The fourth-order valence-corrected chi connectivity index (χ4v) is 4.47. The van der Waals surface area contributed by atoms with E-state index in [1.807, 2.05) is 37.3 Å². The molecular formula is C15H24N2O2S. The van der Waals surface area contributed by atoms with E-state index in [0.29, 0.717) is 0 Å². The molecule has 1 saturated heterocycles. The normalized spacial score (nSPS) is 18.9. The Morgan fingerprint density at radius 3 is 2.55 bits per heavy atom. The molecule has 112 valence electrons. The highest BCUT2D eigenvalue weighted by molar-refractivity contribution is 7.89. The zero-order valence-electron chi connectivity index (χ0n) is 12.0. The van der Waals surface area contributed by atoms with Gasteiger partial charge in [0.2, 0.25) is 10.0 Å². The van der Waals surface area contributed by atoms with Crippen molar-refractivity contribution in [1.29, 1.82) is 0 Å². The first kappa shape index (κ1) is 15.5. The van der Waals surface area contributed by atoms with Crippen LogP contribution in [-0.4, -0.2) is 33.3 Å². The van der Waals surface area contributed by atoms with Gasteiger partial charge in [0.05, 0.1) is 5.75 Å². The number of piperidine rings is 1. The zero-order valence-corrected chi connectivity index (χ0v) is 12.8. The molecule has 1 aliphatic rings. The predicted molar refractivity (Wildman–Crippen MR) is 82.1 cm³/mol. The van der Waals surface area contributed by atoms with Gasteiger partial charge in [0.15, 0.2) is 0 Å². The summed E-state index contributed by atoms with van der Waals surface area (Å²) in [5, 5.41) is 3.26. The average molecular weight is 296 g/mol. The molecule has 1 aromatic carbocycles. The predicted octanol–water partition coefficient (Wildman–Crippen LogP) is 1.54. The first-order valence-electron chi connectivity index (χ1n) is 7.30. The van der Waals surface area contributed by atoms with Crippen LogP contribution in [0.5, 0.6) is 0 Å². The standard InChI is InChI=1S/C15H24N2O2S/c1-13(11-14-5-3-2-4-6-14)17-20(18,19)12-15-7-9-16-10-8-15/h2-6,13,15-17H,7-12H2,1H3. The van der Waals surface area contributed by atoms with Crippen molar-refractivity contribution >= 4 is 10.0 Å². The fourth-order valence-electron chi connectivity index (χ4n) is 2.72. The van der Waals surface area contributed by atoms with E-state index in [-0.39, 0.29) is 17.7 Å². The van der Waals surface area contributed by atoms with E-state index < -0.39 is 10.0 Å². The molecular weight excluding hydrogens is 272 g/mol. The summed E-state index contributed by atoms with van der Waals surface area (Å²) in [6.45, 7) is 3.78. The van der Waals surface area contributed by atoms with E-state index in [4.69, 9.17) is 0 Å². The molecule has 20 heavy (non-hydrogen) atoms. The Hall–Kier alpha value is -0.910. The Labute approximate surface area is 122 Å². The van der Waals surface area contributed by atoms with Crippen molar-refractivity contribution < 1.29 is 8.42 Å². The van der Waals surface area contributed by atoms with E-state index in [1.165, 1.54) is 0 Å². The second-order valence-electron chi connectivity index (χ2n) is 5.68. The van der Waals surface area contributed by atoms with Gasteiger partial charge in [-0.1, -0.05) is 30.3 Å². The molecule has 0 aliphatic carbocycles. The van der Waals surface area contributed by atoms with Gasteiger partial charge in [-0.05, 0) is 50.8 Å². The largest absolute Gasteiger partial charge is 0.317 e. The second-order valence-corrected chi connectivity index (χ2v) is 7.48. The van der Waals surface area contributed by atoms with Crippen molar-refractivity contribution in [1.82, 2.24) is 10.0 Å². The van der Waals surface area contributed by atoms with Gasteiger partial charge < -0.3 is 5.32 Å². The molecule has 1 aliphatic heterocycles. The first-order chi connectivity index (χ1) is 9.55. The van der Waals surface area contributed by atoms with Crippen LogP contribution in [0.15, 0.2) is 30.3 Å². The fraction of sp³-hybridized carbons (Fsp3) is 0.600. The molecule has 2 N–H and O–H groups in total. The topological polar surface area (TPSA) is 58.2 Å². The van der Waals surface area contributed by atoms with Crippen molar-refractivity contribution in [2.45, 2.75) is 32.2 Å². The van der Waals surface area contributed by atoms with Gasteiger partial charge in [-0.15, -0.1) is 0 Å². The minimum Gasteiger partial charge on any atom is -0.317 e. The van der Waals surface area contributed by atoms with Gasteiger partial charge in [-0.2, -0.15) is 0 Å². The molecule has 0 amide bonds. The van der Waals surface area contributed by atoms with Gasteiger partial charge in [0, 0.05) is 6.04 Å². The van der Waals surface area contributed by atoms with E-state index >= 15 is 0 Å². The van der Waals surface area contributed by atoms with Crippen LogP contribution in [0.3, 0.4) is 0 Å². The van der Waals surface area contributed by atoms with Crippen molar-refractivity contribution in [3.05, 3.63) is 35.9 Å². The third-order valence-electron chi connectivity index (χ3n) is 3.68. The summed E-state index contributed by atoms with van der Waals surface area (Å²) in [4.78, 5) is 0. The molecule has 0 saturated carbocycles. The second kappa shape index (κ2) is 7.20. The van der Waals surface area contributed by atoms with Crippen LogP contribution in [0.25, 0.3) is 0 Å². The molecule has 1 aromatic rings. The van der Waals surface area contributed by atoms with E-state index in [2.05, 4.69) is 10.0 Å². The highest BCUT2D eigenvalue weighted by Crippen LogP contribution is 2.14. The van der Waals surface area contributed by atoms with E-state index in [9.17, 15) is 8.42 Å². The van der Waals surface area contributed by atoms with Crippen LogP contribution < -0.4 is 10.0 Å². The number of rotatable bonds is 6. The quantitative estimate of drug-likeness (QED) is 0.837. The number of nitrogens with one attached hydrogen (secondary N) is 2. The number of benzene rings is 1. The van der Waals surface area contributed by atoms with Gasteiger partial charge in [-0.25, -0.2) is 13.1 Å². The smallest absolute Gasteiger partial charge is 0.212 e. The maximum Gasteiger partial charge on any atom is 0.212 e. The minimum absolute atomic E-state index is 0.0656.